The number of benzene rings is 2. The molecule has 0 fully saturated rings. The van der Waals surface area contributed by atoms with Crippen molar-refractivity contribution in [3.8, 4) is 5.75 Å². The molecule has 0 saturated carbocycles. The number of rotatable bonds is 2. The Hall–Kier alpha value is -1.68. The van der Waals surface area contributed by atoms with E-state index < -0.39 is 0 Å². The third-order valence-corrected chi connectivity index (χ3v) is 2.80. The molecule has 2 aromatic carbocycles. The average Bonchev–Trinajstić information content (AvgIpc) is 2.33. The number of halogens is 2. The molecule has 86 valence electrons. The van der Waals surface area contributed by atoms with Crippen LogP contribution in [0.2, 0.25) is 0 Å². The maximum Gasteiger partial charge on any atom is 0.129 e. The van der Waals surface area contributed by atoms with Gasteiger partial charge in [0.25, 0.3) is 0 Å². The first kappa shape index (κ1) is 11.8. The van der Waals surface area contributed by atoms with Gasteiger partial charge < -0.3 is 5.11 Å². The van der Waals surface area contributed by atoms with Crippen LogP contribution in [0.5, 0.6) is 5.75 Å². The van der Waals surface area contributed by atoms with Crippen molar-refractivity contribution in [1.29, 1.82) is 0 Å². The molecule has 0 amide bonds. The van der Waals surface area contributed by atoms with Crippen LogP contribution in [-0.4, -0.2) is 11.3 Å². The molecule has 0 aliphatic heterocycles. The first-order valence-electron chi connectivity index (χ1n) is 4.93. The number of hydrogen-bond acceptors (Lipinski definition) is 2. The summed E-state index contributed by atoms with van der Waals surface area (Å²) < 4.78 is 13.3. The van der Waals surface area contributed by atoms with Gasteiger partial charge in [-0.1, -0.05) is 0 Å². The van der Waals surface area contributed by atoms with Crippen molar-refractivity contribution in [2.75, 3.05) is 0 Å². The maximum absolute atomic E-state index is 12.7. The molecule has 0 aliphatic carbocycles. The molecule has 17 heavy (non-hydrogen) atoms. The van der Waals surface area contributed by atoms with Crippen molar-refractivity contribution in [2.24, 2.45) is 4.99 Å². The lowest BCUT2D eigenvalue weighted by atomic mass is 10.2. The zero-order valence-corrected chi connectivity index (χ0v) is 10.4. The summed E-state index contributed by atoms with van der Waals surface area (Å²) in [6, 6.07) is 11.0. The maximum atomic E-state index is 12.7. The zero-order chi connectivity index (χ0) is 12.3. The molecule has 0 spiro atoms. The SMILES string of the molecule is Oc1ccc(C=Nc2ccc(F)cc2)cc1Br. The average molecular weight is 294 g/mol. The predicted molar refractivity (Wildman–Crippen MR) is 69.5 cm³/mol. The van der Waals surface area contributed by atoms with Gasteiger partial charge in [0.1, 0.15) is 11.6 Å². The number of phenols is 1. The molecule has 0 unspecified atom stereocenters. The third kappa shape index (κ3) is 3.14. The van der Waals surface area contributed by atoms with Gasteiger partial charge in [-0.05, 0) is 64.0 Å². The smallest absolute Gasteiger partial charge is 0.129 e. The number of phenolic OH excluding ortho intramolecular Hbond substituents is 1. The summed E-state index contributed by atoms with van der Waals surface area (Å²) in [5, 5.41) is 9.33. The summed E-state index contributed by atoms with van der Waals surface area (Å²) in [5.41, 5.74) is 1.52. The minimum atomic E-state index is -0.281. The van der Waals surface area contributed by atoms with E-state index in [9.17, 15) is 9.50 Å². The van der Waals surface area contributed by atoms with Crippen LogP contribution < -0.4 is 0 Å². The number of nitrogens with zero attached hydrogens (tertiary/aromatic N) is 1. The standard InChI is InChI=1S/C13H9BrFNO/c14-12-7-9(1-6-13(12)17)8-16-11-4-2-10(15)3-5-11/h1-8,17H. The summed E-state index contributed by atoms with van der Waals surface area (Å²) >= 11 is 3.22. The van der Waals surface area contributed by atoms with E-state index in [1.54, 1.807) is 36.5 Å². The summed E-state index contributed by atoms with van der Waals surface area (Å²) in [6.07, 6.45) is 1.65. The van der Waals surface area contributed by atoms with Gasteiger partial charge in [-0.3, -0.25) is 4.99 Å². The van der Waals surface area contributed by atoms with Crippen LogP contribution in [0.1, 0.15) is 5.56 Å². The second-order valence-corrected chi connectivity index (χ2v) is 4.30. The molecule has 2 aromatic rings. The molecular weight excluding hydrogens is 285 g/mol. The Kier molecular flexibility index (Phi) is 3.54. The fraction of sp³-hybridized carbons (Fsp3) is 0. The first-order valence-corrected chi connectivity index (χ1v) is 5.72. The summed E-state index contributed by atoms with van der Waals surface area (Å²) in [7, 11) is 0. The van der Waals surface area contributed by atoms with E-state index in [0.29, 0.717) is 10.2 Å². The van der Waals surface area contributed by atoms with Crippen molar-refractivity contribution in [3.63, 3.8) is 0 Å². The second kappa shape index (κ2) is 5.10. The van der Waals surface area contributed by atoms with Crippen molar-refractivity contribution in [2.45, 2.75) is 0 Å². The third-order valence-electron chi connectivity index (χ3n) is 2.16. The highest BCUT2D eigenvalue weighted by molar-refractivity contribution is 9.10. The molecule has 4 heteroatoms. The second-order valence-electron chi connectivity index (χ2n) is 3.45. The summed E-state index contributed by atoms with van der Waals surface area (Å²) in [5.74, 6) is -0.0970. The van der Waals surface area contributed by atoms with Gasteiger partial charge in [-0.15, -0.1) is 0 Å². The van der Waals surface area contributed by atoms with Gasteiger partial charge in [0.15, 0.2) is 0 Å². The Labute approximate surface area is 107 Å². The minimum Gasteiger partial charge on any atom is -0.507 e. The number of aromatic hydroxyl groups is 1. The molecule has 2 rings (SSSR count). The van der Waals surface area contributed by atoms with E-state index in [1.807, 2.05) is 0 Å². The largest absolute Gasteiger partial charge is 0.507 e. The Morgan fingerprint density at radius 1 is 1.12 bits per heavy atom. The molecule has 0 atom stereocenters. The van der Waals surface area contributed by atoms with Crippen LogP contribution in [-0.2, 0) is 0 Å². The Morgan fingerprint density at radius 3 is 2.47 bits per heavy atom. The fourth-order valence-electron chi connectivity index (χ4n) is 1.28. The lowest BCUT2D eigenvalue weighted by Gasteiger charge is -1.98. The number of aliphatic imine (C=N–C) groups is 1. The normalized spacial score (nSPS) is 10.9. The van der Waals surface area contributed by atoms with Crippen molar-refractivity contribution < 1.29 is 9.50 Å². The van der Waals surface area contributed by atoms with Gasteiger partial charge in [0, 0.05) is 6.21 Å². The molecule has 0 aliphatic rings. The van der Waals surface area contributed by atoms with Crippen molar-refractivity contribution >= 4 is 27.8 Å². The lowest BCUT2D eigenvalue weighted by molar-refractivity contribution is 0.472. The van der Waals surface area contributed by atoms with Crippen LogP contribution in [0.25, 0.3) is 0 Å². The highest BCUT2D eigenvalue weighted by atomic mass is 79.9. The van der Waals surface area contributed by atoms with Crippen LogP contribution in [0.3, 0.4) is 0 Å². The van der Waals surface area contributed by atoms with Crippen molar-refractivity contribution in [3.05, 3.63) is 58.3 Å². The van der Waals surface area contributed by atoms with Gasteiger partial charge >= 0.3 is 0 Å². The van der Waals surface area contributed by atoms with Crippen LogP contribution in [0.15, 0.2) is 51.9 Å². The van der Waals surface area contributed by atoms with Crippen LogP contribution in [0, 0.1) is 5.82 Å². The molecule has 0 heterocycles. The zero-order valence-electron chi connectivity index (χ0n) is 8.77. The quantitative estimate of drug-likeness (QED) is 0.833. The van der Waals surface area contributed by atoms with Gasteiger partial charge in [0.05, 0.1) is 10.2 Å². The molecule has 0 bridgehead atoms. The minimum absolute atomic E-state index is 0.184. The topological polar surface area (TPSA) is 32.6 Å². The Balaban J connectivity index is 2.20. The molecule has 0 radical (unpaired) electrons. The van der Waals surface area contributed by atoms with Gasteiger partial charge in [-0.2, -0.15) is 0 Å². The Morgan fingerprint density at radius 2 is 1.82 bits per heavy atom. The monoisotopic (exact) mass is 293 g/mol. The van der Waals surface area contributed by atoms with Gasteiger partial charge in [-0.25, -0.2) is 4.39 Å². The highest BCUT2D eigenvalue weighted by Gasteiger charge is 1.97. The predicted octanol–water partition coefficient (Wildman–Crippen LogP) is 4.04. The lowest BCUT2D eigenvalue weighted by Crippen LogP contribution is -1.80. The van der Waals surface area contributed by atoms with E-state index in [-0.39, 0.29) is 11.6 Å². The van der Waals surface area contributed by atoms with E-state index in [4.69, 9.17) is 0 Å². The molecule has 1 N–H and O–H groups in total. The Bertz CT molecular complexity index is 552. The summed E-state index contributed by atoms with van der Waals surface area (Å²) in [6.45, 7) is 0. The first-order chi connectivity index (χ1) is 8.15. The molecular formula is C13H9BrFNO. The van der Waals surface area contributed by atoms with Crippen LogP contribution in [0.4, 0.5) is 10.1 Å². The van der Waals surface area contributed by atoms with Crippen LogP contribution >= 0.6 is 15.9 Å². The van der Waals surface area contributed by atoms with E-state index >= 15 is 0 Å². The van der Waals surface area contributed by atoms with E-state index in [2.05, 4.69) is 20.9 Å². The highest BCUT2D eigenvalue weighted by Crippen LogP contribution is 2.23. The molecule has 0 aromatic heterocycles. The van der Waals surface area contributed by atoms with E-state index in [1.165, 1.54) is 12.1 Å². The summed E-state index contributed by atoms with van der Waals surface area (Å²) in [4.78, 5) is 4.19. The van der Waals surface area contributed by atoms with E-state index in [0.717, 1.165) is 5.56 Å². The fourth-order valence-corrected chi connectivity index (χ4v) is 1.68. The van der Waals surface area contributed by atoms with Crippen molar-refractivity contribution in [1.82, 2.24) is 0 Å². The number of hydrogen-bond donors (Lipinski definition) is 1. The molecule has 2 nitrogen and oxygen atoms in total. The van der Waals surface area contributed by atoms with Gasteiger partial charge in [0.2, 0.25) is 0 Å². The molecule has 0 saturated heterocycles.